The second kappa shape index (κ2) is 9.94. The molecule has 3 aromatic carbocycles. The van der Waals surface area contributed by atoms with Crippen LogP contribution in [0, 0.1) is 13.8 Å². The lowest BCUT2D eigenvalue weighted by atomic mass is 10.1. The molecule has 0 atom stereocenters. The lowest BCUT2D eigenvalue weighted by molar-refractivity contribution is -0.118. The van der Waals surface area contributed by atoms with Gasteiger partial charge in [0.25, 0.3) is 5.91 Å². The van der Waals surface area contributed by atoms with Crippen LogP contribution in [0.25, 0.3) is 0 Å². The van der Waals surface area contributed by atoms with E-state index in [0.29, 0.717) is 12.3 Å². The highest BCUT2D eigenvalue weighted by atomic mass is 79.9. The summed E-state index contributed by atoms with van der Waals surface area (Å²) in [4.78, 5) is 12.3. The number of hydrogen-bond donors (Lipinski definition) is 2. The molecular weight excluding hydrogens is 496 g/mol. The van der Waals surface area contributed by atoms with Crippen LogP contribution in [-0.2, 0) is 11.3 Å². The average molecular weight is 518 g/mol. The third kappa shape index (κ3) is 6.34. The Bertz CT molecular complexity index is 1020. The van der Waals surface area contributed by atoms with Crippen LogP contribution in [0.5, 0.6) is 5.75 Å². The number of anilines is 2. The Morgan fingerprint density at radius 1 is 0.966 bits per heavy atom. The van der Waals surface area contributed by atoms with Crippen LogP contribution in [0.3, 0.4) is 0 Å². The fourth-order valence-corrected chi connectivity index (χ4v) is 3.79. The van der Waals surface area contributed by atoms with Crippen LogP contribution < -0.4 is 15.4 Å². The number of benzene rings is 3. The Morgan fingerprint density at radius 3 is 2.48 bits per heavy atom. The van der Waals surface area contributed by atoms with Crippen molar-refractivity contribution in [3.8, 4) is 5.75 Å². The van der Waals surface area contributed by atoms with E-state index in [9.17, 15) is 4.79 Å². The molecule has 6 heteroatoms. The fraction of sp³-hybridized carbons (Fsp3) is 0.174. The number of ether oxygens (including phenoxy) is 1. The predicted octanol–water partition coefficient (Wildman–Crippen LogP) is 6.46. The van der Waals surface area contributed by atoms with E-state index < -0.39 is 0 Å². The zero-order valence-corrected chi connectivity index (χ0v) is 19.4. The second-order valence-electron chi connectivity index (χ2n) is 6.77. The Balaban J connectivity index is 1.64. The predicted molar refractivity (Wildman–Crippen MR) is 126 cm³/mol. The summed E-state index contributed by atoms with van der Waals surface area (Å²) in [6, 6.07) is 19.6. The number of hydrogen-bond acceptors (Lipinski definition) is 3. The van der Waals surface area contributed by atoms with Crippen molar-refractivity contribution in [2.24, 2.45) is 0 Å². The molecule has 29 heavy (non-hydrogen) atoms. The minimum Gasteiger partial charge on any atom is -0.483 e. The lowest BCUT2D eigenvalue weighted by Crippen LogP contribution is -2.20. The number of aryl methyl sites for hydroxylation is 2. The molecule has 150 valence electrons. The third-order valence-corrected chi connectivity index (χ3v) is 5.33. The first-order chi connectivity index (χ1) is 13.9. The molecule has 0 aromatic heterocycles. The molecular formula is C23H22Br2N2O2. The number of amides is 1. The zero-order chi connectivity index (χ0) is 20.8. The van der Waals surface area contributed by atoms with Gasteiger partial charge in [-0.15, -0.1) is 0 Å². The maximum Gasteiger partial charge on any atom is 0.262 e. The maximum absolute atomic E-state index is 12.3. The molecule has 0 aliphatic carbocycles. The van der Waals surface area contributed by atoms with Crippen molar-refractivity contribution in [3.05, 3.63) is 86.3 Å². The largest absolute Gasteiger partial charge is 0.483 e. The molecule has 0 aliphatic heterocycles. The maximum atomic E-state index is 12.3. The summed E-state index contributed by atoms with van der Waals surface area (Å²) < 4.78 is 7.82. The van der Waals surface area contributed by atoms with Gasteiger partial charge in [-0.05, 0) is 73.5 Å². The average Bonchev–Trinajstić information content (AvgIpc) is 2.66. The van der Waals surface area contributed by atoms with Crippen LogP contribution in [-0.4, -0.2) is 12.5 Å². The quantitative estimate of drug-likeness (QED) is 0.378. The van der Waals surface area contributed by atoms with E-state index in [1.54, 1.807) is 0 Å². The van der Waals surface area contributed by atoms with E-state index >= 15 is 0 Å². The van der Waals surface area contributed by atoms with Gasteiger partial charge < -0.3 is 15.4 Å². The molecule has 0 saturated carbocycles. The molecule has 0 bridgehead atoms. The van der Waals surface area contributed by atoms with Crippen molar-refractivity contribution in [1.82, 2.24) is 0 Å². The van der Waals surface area contributed by atoms with E-state index in [2.05, 4.69) is 55.5 Å². The van der Waals surface area contributed by atoms with Crippen molar-refractivity contribution in [3.63, 3.8) is 0 Å². The number of halogens is 2. The minimum atomic E-state index is -0.193. The van der Waals surface area contributed by atoms with Gasteiger partial charge in [-0.2, -0.15) is 0 Å². The molecule has 4 nitrogen and oxygen atoms in total. The molecule has 0 fully saturated rings. The van der Waals surface area contributed by atoms with Gasteiger partial charge in [0.05, 0.1) is 0 Å². The van der Waals surface area contributed by atoms with Crippen molar-refractivity contribution >= 4 is 49.1 Å². The van der Waals surface area contributed by atoms with Crippen molar-refractivity contribution in [2.75, 3.05) is 17.2 Å². The summed E-state index contributed by atoms with van der Waals surface area (Å²) in [6.07, 6.45) is 0. The van der Waals surface area contributed by atoms with Crippen molar-refractivity contribution in [2.45, 2.75) is 20.4 Å². The Morgan fingerprint density at radius 2 is 1.72 bits per heavy atom. The zero-order valence-electron chi connectivity index (χ0n) is 16.3. The Kier molecular flexibility index (Phi) is 7.34. The first kappa shape index (κ1) is 21.4. The highest BCUT2D eigenvalue weighted by molar-refractivity contribution is 9.10. The van der Waals surface area contributed by atoms with Crippen LogP contribution in [0.2, 0.25) is 0 Å². The summed E-state index contributed by atoms with van der Waals surface area (Å²) in [7, 11) is 0. The van der Waals surface area contributed by atoms with Crippen molar-refractivity contribution < 1.29 is 9.53 Å². The monoisotopic (exact) mass is 516 g/mol. The van der Waals surface area contributed by atoms with Gasteiger partial charge in [0, 0.05) is 32.4 Å². The van der Waals surface area contributed by atoms with E-state index in [1.165, 1.54) is 0 Å². The van der Waals surface area contributed by atoms with Crippen LogP contribution in [0.1, 0.15) is 16.7 Å². The molecule has 0 aliphatic rings. The molecule has 1 amide bonds. The number of carbonyl (C=O) groups excluding carboxylic acids is 1. The SMILES string of the molecule is Cc1cccc(NC(=O)COc2ccc(Br)cc2CNc2ccc(Br)cc2C)c1. The van der Waals surface area contributed by atoms with Gasteiger partial charge in [0.15, 0.2) is 6.61 Å². The summed E-state index contributed by atoms with van der Waals surface area (Å²) >= 11 is 6.99. The van der Waals surface area contributed by atoms with Crippen LogP contribution >= 0.6 is 31.9 Å². The molecule has 0 saturated heterocycles. The number of nitrogens with one attached hydrogen (secondary N) is 2. The molecule has 0 radical (unpaired) electrons. The molecule has 0 unspecified atom stereocenters. The fourth-order valence-electron chi connectivity index (χ4n) is 2.91. The highest BCUT2D eigenvalue weighted by Crippen LogP contribution is 2.26. The van der Waals surface area contributed by atoms with Gasteiger partial charge in [-0.3, -0.25) is 4.79 Å². The molecule has 2 N–H and O–H groups in total. The van der Waals surface area contributed by atoms with Gasteiger partial charge >= 0.3 is 0 Å². The number of rotatable bonds is 7. The molecule has 0 heterocycles. The normalized spacial score (nSPS) is 10.5. The van der Waals surface area contributed by atoms with Gasteiger partial charge in [0.1, 0.15) is 5.75 Å². The van der Waals surface area contributed by atoms with Crippen LogP contribution in [0.4, 0.5) is 11.4 Å². The van der Waals surface area contributed by atoms with Crippen LogP contribution in [0.15, 0.2) is 69.6 Å². The van der Waals surface area contributed by atoms with Gasteiger partial charge in [-0.25, -0.2) is 0 Å². The third-order valence-electron chi connectivity index (χ3n) is 4.34. The first-order valence-electron chi connectivity index (χ1n) is 9.18. The summed E-state index contributed by atoms with van der Waals surface area (Å²) in [5.41, 5.74) is 5.02. The lowest BCUT2D eigenvalue weighted by Gasteiger charge is -2.15. The summed E-state index contributed by atoms with van der Waals surface area (Å²) in [5, 5.41) is 6.30. The minimum absolute atomic E-state index is 0.0557. The molecule has 3 aromatic rings. The van der Waals surface area contributed by atoms with E-state index in [4.69, 9.17) is 4.74 Å². The van der Waals surface area contributed by atoms with E-state index in [-0.39, 0.29) is 12.5 Å². The summed E-state index contributed by atoms with van der Waals surface area (Å²) in [5.74, 6) is 0.482. The topological polar surface area (TPSA) is 50.4 Å². The second-order valence-corrected chi connectivity index (χ2v) is 8.60. The molecule has 3 rings (SSSR count). The van der Waals surface area contributed by atoms with E-state index in [1.807, 2.05) is 61.5 Å². The van der Waals surface area contributed by atoms with E-state index in [0.717, 1.165) is 37.0 Å². The van der Waals surface area contributed by atoms with Crippen molar-refractivity contribution in [1.29, 1.82) is 0 Å². The Labute approximate surface area is 187 Å². The Hall–Kier alpha value is -2.31. The molecule has 0 spiro atoms. The highest BCUT2D eigenvalue weighted by Gasteiger charge is 2.09. The number of carbonyl (C=O) groups is 1. The first-order valence-corrected chi connectivity index (χ1v) is 10.8. The standard InChI is InChI=1S/C23H22Br2N2O2/c1-15-4-3-5-20(10-15)27-23(28)14-29-22-9-7-19(25)12-17(22)13-26-21-8-6-18(24)11-16(21)2/h3-12,26H,13-14H2,1-2H3,(H,27,28). The summed E-state index contributed by atoms with van der Waals surface area (Å²) in [6.45, 7) is 4.57. The smallest absolute Gasteiger partial charge is 0.262 e. The van der Waals surface area contributed by atoms with Gasteiger partial charge in [-0.1, -0.05) is 44.0 Å². The van der Waals surface area contributed by atoms with Gasteiger partial charge in [0.2, 0.25) is 0 Å².